The third kappa shape index (κ3) is 3.82. The average Bonchev–Trinajstić information content (AvgIpc) is 3.25. The Bertz CT molecular complexity index is 848. The van der Waals surface area contributed by atoms with Crippen molar-refractivity contribution in [3.8, 4) is 0 Å². The normalized spacial score (nSPS) is 22.4. The summed E-state index contributed by atoms with van der Waals surface area (Å²) in [6.45, 7) is 2.49. The molecule has 1 aliphatic heterocycles. The van der Waals surface area contributed by atoms with Gasteiger partial charge in [-0.1, -0.05) is 5.16 Å². The van der Waals surface area contributed by atoms with Crippen LogP contribution in [0.4, 0.5) is 0 Å². The molecule has 4 rings (SSSR count). The Labute approximate surface area is 163 Å². The van der Waals surface area contributed by atoms with Gasteiger partial charge in [-0.25, -0.2) is 0 Å². The monoisotopic (exact) mass is 386 g/mol. The third-order valence-corrected chi connectivity index (χ3v) is 5.66. The van der Waals surface area contributed by atoms with Crippen molar-refractivity contribution in [2.45, 2.75) is 57.6 Å². The Morgan fingerprint density at radius 1 is 1.36 bits per heavy atom. The number of nitrogens with zero attached hydrogens (tertiary/aromatic N) is 2. The summed E-state index contributed by atoms with van der Waals surface area (Å²) in [5.41, 5.74) is 3.66. The molecular weight excluding hydrogens is 360 g/mol. The smallest absolute Gasteiger partial charge is 0.290 e. The van der Waals surface area contributed by atoms with E-state index in [0.29, 0.717) is 30.6 Å². The topological polar surface area (TPSA) is 111 Å². The number of aliphatic hydroxyl groups excluding tert-OH is 1. The Kier molecular flexibility index (Phi) is 5.21. The number of H-pyrrole nitrogens is 1. The summed E-state index contributed by atoms with van der Waals surface area (Å²) in [6.07, 6.45) is 6.07. The number of likely N-dealkylation sites (tertiary alicyclic amines) is 1. The van der Waals surface area contributed by atoms with Gasteiger partial charge in [-0.05, 0) is 57.1 Å². The number of β-amino-alcohol motifs (C(OH)–C–C–N with tert-alkyl or cyclic N) is 1. The van der Waals surface area contributed by atoms with E-state index in [1.54, 1.807) is 11.8 Å². The molecule has 2 aromatic rings. The zero-order valence-electron chi connectivity index (χ0n) is 16.0. The molecule has 3 N–H and O–H groups in total. The van der Waals surface area contributed by atoms with Crippen LogP contribution in [0.1, 0.15) is 63.5 Å². The van der Waals surface area contributed by atoms with Crippen LogP contribution in [-0.2, 0) is 12.8 Å². The molecule has 8 nitrogen and oxygen atoms in total. The molecule has 150 valence electrons. The lowest BCUT2D eigenvalue weighted by atomic mass is 9.98. The van der Waals surface area contributed by atoms with Crippen molar-refractivity contribution < 1.29 is 19.2 Å². The molecule has 1 aliphatic carbocycles. The highest BCUT2D eigenvalue weighted by Crippen LogP contribution is 2.23. The second-order valence-corrected chi connectivity index (χ2v) is 7.83. The molecule has 3 heterocycles. The number of aromatic nitrogens is 2. The fourth-order valence-electron chi connectivity index (χ4n) is 4.14. The van der Waals surface area contributed by atoms with Crippen LogP contribution in [0.25, 0.3) is 0 Å². The van der Waals surface area contributed by atoms with Crippen molar-refractivity contribution in [1.82, 2.24) is 20.4 Å². The molecule has 2 amide bonds. The largest absolute Gasteiger partial charge is 0.391 e. The molecule has 0 aromatic carbocycles. The highest BCUT2D eigenvalue weighted by molar-refractivity contribution is 5.93. The van der Waals surface area contributed by atoms with Gasteiger partial charge in [0, 0.05) is 30.4 Å². The lowest BCUT2D eigenvalue weighted by Gasteiger charge is -2.21. The number of fused-ring (bicyclic) bond motifs is 1. The predicted octanol–water partition coefficient (Wildman–Crippen LogP) is 1.59. The molecule has 2 atom stereocenters. The lowest BCUT2D eigenvalue weighted by Crippen LogP contribution is -2.37. The fraction of sp³-hybridized carbons (Fsp3) is 0.550. The minimum atomic E-state index is -0.697. The van der Waals surface area contributed by atoms with Crippen molar-refractivity contribution in [3.05, 3.63) is 40.5 Å². The van der Waals surface area contributed by atoms with E-state index in [0.717, 1.165) is 31.4 Å². The second-order valence-electron chi connectivity index (χ2n) is 7.83. The Morgan fingerprint density at radius 2 is 2.18 bits per heavy atom. The van der Waals surface area contributed by atoms with Gasteiger partial charge < -0.3 is 24.8 Å². The summed E-state index contributed by atoms with van der Waals surface area (Å²) in [5.74, 6) is -0.251. The Balaban J connectivity index is 1.41. The molecule has 28 heavy (non-hydrogen) atoms. The van der Waals surface area contributed by atoms with E-state index in [-0.39, 0.29) is 30.2 Å². The number of hydrogen-bond acceptors (Lipinski definition) is 5. The van der Waals surface area contributed by atoms with Crippen molar-refractivity contribution in [2.24, 2.45) is 0 Å². The van der Waals surface area contributed by atoms with Crippen molar-refractivity contribution in [1.29, 1.82) is 0 Å². The second kappa shape index (κ2) is 7.79. The van der Waals surface area contributed by atoms with E-state index < -0.39 is 6.10 Å². The molecule has 0 spiro atoms. The van der Waals surface area contributed by atoms with E-state index in [4.69, 9.17) is 4.52 Å². The van der Waals surface area contributed by atoms with E-state index in [1.807, 2.05) is 6.07 Å². The first-order valence-corrected chi connectivity index (χ1v) is 9.91. The van der Waals surface area contributed by atoms with E-state index in [2.05, 4.69) is 15.5 Å². The molecule has 2 aromatic heterocycles. The lowest BCUT2D eigenvalue weighted by molar-refractivity contribution is 0.0646. The minimum absolute atomic E-state index is 0.0912. The molecular formula is C20H26N4O4. The standard InChI is InChI=1S/C20H26N4O4/c1-12-10-21-28-18(12)19(26)22-14-6-7-24(11-15(25)9-14)20(27)17-8-13-4-2-3-5-16(13)23-17/h8,10,14-15,23,25H,2-7,9,11H2,1H3,(H,22,26)/t14-,15-/m1/s1. The first kappa shape index (κ1) is 18.7. The Hall–Kier alpha value is -2.61. The maximum Gasteiger partial charge on any atom is 0.290 e. The quantitative estimate of drug-likeness (QED) is 0.742. The maximum atomic E-state index is 12.9. The summed E-state index contributed by atoms with van der Waals surface area (Å²) in [6, 6.07) is 1.72. The first-order valence-electron chi connectivity index (χ1n) is 9.91. The Morgan fingerprint density at radius 3 is 2.93 bits per heavy atom. The number of aliphatic hydroxyl groups is 1. The number of nitrogens with one attached hydrogen (secondary N) is 2. The molecule has 0 radical (unpaired) electrons. The summed E-state index contributed by atoms with van der Waals surface area (Å²) >= 11 is 0. The summed E-state index contributed by atoms with van der Waals surface area (Å²) < 4.78 is 4.99. The number of hydrogen-bond donors (Lipinski definition) is 3. The van der Waals surface area contributed by atoms with Gasteiger partial charge in [-0.2, -0.15) is 0 Å². The number of carbonyl (C=O) groups is 2. The highest BCUT2D eigenvalue weighted by Gasteiger charge is 2.29. The summed E-state index contributed by atoms with van der Waals surface area (Å²) in [7, 11) is 0. The van der Waals surface area contributed by atoms with Gasteiger partial charge in [0.1, 0.15) is 5.69 Å². The average molecular weight is 386 g/mol. The van der Waals surface area contributed by atoms with Gasteiger partial charge in [-0.15, -0.1) is 0 Å². The molecule has 8 heteroatoms. The van der Waals surface area contributed by atoms with Crippen LogP contribution in [0.3, 0.4) is 0 Å². The fourth-order valence-corrected chi connectivity index (χ4v) is 4.14. The van der Waals surface area contributed by atoms with Gasteiger partial charge >= 0.3 is 0 Å². The molecule has 0 bridgehead atoms. The van der Waals surface area contributed by atoms with Crippen molar-refractivity contribution in [2.75, 3.05) is 13.1 Å². The van der Waals surface area contributed by atoms with Crippen LogP contribution in [0.5, 0.6) is 0 Å². The molecule has 0 saturated carbocycles. The SMILES string of the molecule is Cc1cnoc1C(=O)N[C@@H]1CCN(C(=O)c2cc3c([nH]2)CCCC3)C[C@H](O)C1. The van der Waals surface area contributed by atoms with Crippen LogP contribution < -0.4 is 5.32 Å². The van der Waals surface area contributed by atoms with Crippen molar-refractivity contribution in [3.63, 3.8) is 0 Å². The predicted molar refractivity (Wildman–Crippen MR) is 101 cm³/mol. The number of carbonyl (C=O) groups excluding carboxylic acids is 2. The van der Waals surface area contributed by atoms with Crippen LogP contribution in [0.2, 0.25) is 0 Å². The van der Waals surface area contributed by atoms with Gasteiger partial charge in [0.15, 0.2) is 0 Å². The summed E-state index contributed by atoms with van der Waals surface area (Å²) in [4.78, 5) is 30.2. The van der Waals surface area contributed by atoms with E-state index >= 15 is 0 Å². The van der Waals surface area contributed by atoms with Crippen LogP contribution >= 0.6 is 0 Å². The van der Waals surface area contributed by atoms with Crippen LogP contribution in [-0.4, -0.2) is 57.2 Å². The van der Waals surface area contributed by atoms with E-state index in [9.17, 15) is 14.7 Å². The maximum absolute atomic E-state index is 12.9. The number of aromatic amines is 1. The molecule has 2 aliphatic rings. The number of amides is 2. The number of aryl methyl sites for hydroxylation is 3. The molecule has 1 saturated heterocycles. The van der Waals surface area contributed by atoms with Gasteiger partial charge in [-0.3, -0.25) is 9.59 Å². The molecule has 1 fully saturated rings. The highest BCUT2D eigenvalue weighted by atomic mass is 16.5. The van der Waals surface area contributed by atoms with Gasteiger partial charge in [0.2, 0.25) is 5.76 Å². The number of rotatable bonds is 3. The van der Waals surface area contributed by atoms with Gasteiger partial charge in [0.25, 0.3) is 11.8 Å². The van der Waals surface area contributed by atoms with Crippen LogP contribution in [0, 0.1) is 6.92 Å². The van der Waals surface area contributed by atoms with Crippen molar-refractivity contribution >= 4 is 11.8 Å². The molecule has 0 unspecified atom stereocenters. The zero-order chi connectivity index (χ0) is 19.7. The zero-order valence-corrected chi connectivity index (χ0v) is 16.0. The first-order chi connectivity index (χ1) is 13.5. The minimum Gasteiger partial charge on any atom is -0.391 e. The van der Waals surface area contributed by atoms with E-state index in [1.165, 1.54) is 11.8 Å². The van der Waals surface area contributed by atoms with Crippen LogP contribution in [0.15, 0.2) is 16.8 Å². The van der Waals surface area contributed by atoms with Gasteiger partial charge in [0.05, 0.1) is 12.3 Å². The third-order valence-electron chi connectivity index (χ3n) is 5.66. The summed E-state index contributed by atoms with van der Waals surface area (Å²) in [5, 5.41) is 16.9.